The van der Waals surface area contributed by atoms with Crippen LogP contribution in [-0.4, -0.2) is 28.5 Å². The van der Waals surface area contributed by atoms with Crippen LogP contribution in [0, 0.1) is 11.6 Å². The number of ether oxygens (including phenoxy) is 2. The van der Waals surface area contributed by atoms with Crippen LogP contribution in [0.15, 0.2) is 48.0 Å². The number of nitrogens with one attached hydrogen (secondary N) is 1. The summed E-state index contributed by atoms with van der Waals surface area (Å²) in [7, 11) is 1.24. The first-order valence-electron chi connectivity index (χ1n) is 12.7. The second-order valence-corrected chi connectivity index (χ2v) is 12.0. The number of halogens is 7. The summed E-state index contributed by atoms with van der Waals surface area (Å²) in [4.78, 5) is 26.0. The lowest BCUT2D eigenvalue weighted by atomic mass is 9.97. The lowest BCUT2D eigenvalue weighted by Gasteiger charge is -2.19. The molecule has 1 aliphatic carbocycles. The predicted molar refractivity (Wildman–Crippen MR) is 166 cm³/mol. The van der Waals surface area contributed by atoms with Crippen molar-refractivity contribution in [3.05, 3.63) is 81.4 Å². The van der Waals surface area contributed by atoms with Gasteiger partial charge in [0.1, 0.15) is 17.4 Å². The summed E-state index contributed by atoms with van der Waals surface area (Å²) >= 11 is 8.34. The maximum absolute atomic E-state index is 14.2. The summed E-state index contributed by atoms with van der Waals surface area (Å²) in [6, 6.07) is 6.20. The topological polar surface area (TPSA) is 108 Å². The van der Waals surface area contributed by atoms with Crippen LogP contribution in [0.4, 0.5) is 33.5 Å². The highest BCUT2D eigenvalue weighted by atomic mass is 127. The van der Waals surface area contributed by atoms with E-state index in [1.54, 1.807) is 4.45 Å². The van der Waals surface area contributed by atoms with Gasteiger partial charge in [0, 0.05) is 22.8 Å². The molecule has 3 N–H and O–H groups in total. The van der Waals surface area contributed by atoms with Crippen molar-refractivity contribution in [1.82, 2.24) is 9.55 Å². The lowest BCUT2D eigenvalue weighted by Crippen LogP contribution is -2.15. The van der Waals surface area contributed by atoms with Crippen molar-refractivity contribution in [3.63, 3.8) is 0 Å². The Morgan fingerprint density at radius 1 is 1.11 bits per heavy atom. The van der Waals surface area contributed by atoms with Crippen molar-refractivity contribution in [2.45, 2.75) is 25.4 Å². The van der Waals surface area contributed by atoms with Crippen LogP contribution in [0.25, 0.3) is 16.5 Å². The van der Waals surface area contributed by atoms with E-state index in [1.807, 2.05) is 0 Å². The van der Waals surface area contributed by atoms with E-state index < -0.39 is 40.8 Å². The Balaban J connectivity index is 1.78. The molecule has 0 saturated carbocycles. The molecule has 16 heteroatoms. The molecule has 44 heavy (non-hydrogen) atoms. The quantitative estimate of drug-likeness (QED) is 0.0846. The van der Waals surface area contributed by atoms with Gasteiger partial charge in [-0.2, -0.15) is 18.3 Å². The summed E-state index contributed by atoms with van der Waals surface area (Å²) in [5.74, 6) is -4.04. The van der Waals surface area contributed by atoms with Gasteiger partial charge in [-0.25, -0.2) is 18.0 Å². The van der Waals surface area contributed by atoms with Crippen LogP contribution >= 0.6 is 40.0 Å². The summed E-state index contributed by atoms with van der Waals surface area (Å²) < 4.78 is 81.2. The number of amides is 1. The van der Waals surface area contributed by atoms with Crippen molar-refractivity contribution >= 4 is 79.9 Å². The molecule has 0 bridgehead atoms. The van der Waals surface area contributed by atoms with E-state index in [1.165, 1.54) is 19.2 Å². The summed E-state index contributed by atoms with van der Waals surface area (Å²) in [6.45, 7) is 0. The number of carbonyl (C=O) groups excluding carboxylic acids is 2. The van der Waals surface area contributed by atoms with Gasteiger partial charge in [0.05, 0.1) is 40.7 Å². The number of hydrogen-bond acceptors (Lipinski definition) is 6. The van der Waals surface area contributed by atoms with E-state index in [4.69, 9.17) is 26.8 Å². The van der Waals surface area contributed by atoms with E-state index in [9.17, 15) is 31.5 Å². The number of nitrogens with zero attached hydrogens (tertiary/aromatic N) is 2. The highest BCUT2D eigenvalue weighted by Gasteiger charge is 2.33. The van der Waals surface area contributed by atoms with Crippen LogP contribution in [0.5, 0.6) is 11.5 Å². The number of nitrogen functional groups attached to an aromatic ring is 1. The molecule has 0 aliphatic heterocycles. The first kappa shape index (κ1) is 31.9. The smallest absolute Gasteiger partial charge is 0.416 e. The van der Waals surface area contributed by atoms with Gasteiger partial charge < -0.3 is 20.5 Å². The van der Waals surface area contributed by atoms with Crippen molar-refractivity contribution < 1.29 is 41.0 Å². The Bertz CT molecular complexity index is 1860. The van der Waals surface area contributed by atoms with Crippen LogP contribution in [-0.2, 0) is 15.7 Å². The summed E-state index contributed by atoms with van der Waals surface area (Å²) in [5, 5.41) is 7.03. The molecule has 230 valence electrons. The largest absolute Gasteiger partial charge is 0.466 e. The number of methoxy groups -OCH3 is 1. The standard InChI is InChI=1S/C28H20ClF5IN4O4P/c1-42-27(41)17-4-2-3-16(17)18-11-20(37-26(40)12-7-13(28(32,33)34)9-15(31)8-12)24(22-23(18)39(44-35)38-25(22)36)43-21-10-14(30)5-6-19(21)29/h5-11,44H,2-4H2,1H3,(H2,36,38)(H,37,40). The third-order valence-corrected chi connectivity index (χ3v) is 8.99. The zero-order chi connectivity index (χ0) is 31.9. The van der Waals surface area contributed by atoms with Gasteiger partial charge in [0.15, 0.2) is 11.6 Å². The third kappa shape index (κ3) is 6.20. The van der Waals surface area contributed by atoms with Crippen molar-refractivity contribution in [2.24, 2.45) is 0 Å². The maximum atomic E-state index is 14.2. The normalized spacial score (nSPS) is 13.7. The van der Waals surface area contributed by atoms with Gasteiger partial charge in [-0.3, -0.25) is 4.79 Å². The molecule has 1 unspecified atom stereocenters. The molecular weight excluding hydrogens is 745 g/mol. The average molecular weight is 765 g/mol. The highest BCUT2D eigenvalue weighted by molar-refractivity contribution is 14.2. The van der Waals surface area contributed by atoms with Gasteiger partial charge in [-0.05, 0) is 83.3 Å². The summed E-state index contributed by atoms with van der Waals surface area (Å²) in [6.07, 6.45) is -3.46. The number of rotatable bonds is 7. The monoisotopic (exact) mass is 764 g/mol. The molecule has 1 atom stereocenters. The van der Waals surface area contributed by atoms with Crippen LogP contribution in [0.3, 0.4) is 0 Å². The average Bonchev–Trinajstić information content (AvgIpc) is 3.59. The zero-order valence-electron chi connectivity index (χ0n) is 22.4. The van der Waals surface area contributed by atoms with Crippen molar-refractivity contribution in [1.29, 1.82) is 0 Å². The first-order chi connectivity index (χ1) is 20.8. The number of nitrogens with two attached hydrogens (primary N) is 1. The second-order valence-electron chi connectivity index (χ2n) is 9.57. The molecule has 1 aliphatic rings. The molecule has 5 rings (SSSR count). The van der Waals surface area contributed by atoms with E-state index in [0.717, 1.165) is 12.1 Å². The predicted octanol–water partition coefficient (Wildman–Crippen LogP) is 8.52. The SMILES string of the molecule is COC(=O)C1=C(c2cc(NC(=O)c3cc(F)cc(C(F)(F)F)c3)c(Oc3cc(F)ccc3Cl)c3c(N)nn(PI)c23)CCC1. The molecule has 0 saturated heterocycles. The van der Waals surface area contributed by atoms with Crippen LogP contribution in [0.1, 0.15) is 40.7 Å². The Morgan fingerprint density at radius 3 is 2.55 bits per heavy atom. The molecule has 0 radical (unpaired) electrons. The molecule has 0 spiro atoms. The van der Waals surface area contributed by atoms with Gasteiger partial charge in [0.25, 0.3) is 5.91 Å². The Hall–Kier alpha value is -3.49. The number of allylic oxidation sites excluding steroid dienone is 1. The van der Waals surface area contributed by atoms with Gasteiger partial charge in [-0.1, -0.05) is 11.6 Å². The van der Waals surface area contributed by atoms with E-state index >= 15 is 0 Å². The fourth-order valence-electron chi connectivity index (χ4n) is 4.94. The number of anilines is 2. The molecular formula is C28H20ClF5IN4O4P. The number of aromatic nitrogens is 2. The number of benzene rings is 3. The fraction of sp³-hybridized carbons (Fsp3) is 0.179. The Morgan fingerprint density at radius 2 is 1.86 bits per heavy atom. The number of carbonyl (C=O) groups is 2. The first-order valence-corrected chi connectivity index (χ1v) is 17.1. The van der Waals surface area contributed by atoms with Crippen molar-refractivity contribution in [3.8, 4) is 11.5 Å². The highest BCUT2D eigenvalue weighted by Crippen LogP contribution is 2.49. The third-order valence-electron chi connectivity index (χ3n) is 6.82. The minimum absolute atomic E-state index is 0.00525. The maximum Gasteiger partial charge on any atom is 0.416 e. The molecule has 4 aromatic rings. The molecule has 1 amide bonds. The van der Waals surface area contributed by atoms with Crippen molar-refractivity contribution in [2.75, 3.05) is 18.2 Å². The van der Waals surface area contributed by atoms with Crippen LogP contribution in [0.2, 0.25) is 5.02 Å². The zero-order valence-corrected chi connectivity index (χ0v) is 26.3. The minimum Gasteiger partial charge on any atom is -0.466 e. The number of esters is 1. The molecule has 3 aromatic carbocycles. The van der Waals surface area contributed by atoms with Gasteiger partial charge in [0.2, 0.25) is 0 Å². The number of hydrogen-bond donors (Lipinski definition) is 2. The van der Waals surface area contributed by atoms with Crippen LogP contribution < -0.4 is 15.8 Å². The minimum atomic E-state index is -4.92. The van der Waals surface area contributed by atoms with Gasteiger partial charge >= 0.3 is 12.1 Å². The lowest BCUT2D eigenvalue weighted by molar-refractivity contribution is -0.138. The number of fused-ring (bicyclic) bond motifs is 1. The molecule has 1 aromatic heterocycles. The van der Waals surface area contributed by atoms with E-state index in [-0.39, 0.29) is 45.9 Å². The molecule has 8 nitrogen and oxygen atoms in total. The van der Waals surface area contributed by atoms with Gasteiger partial charge in [-0.15, -0.1) is 0 Å². The number of alkyl halides is 3. The Labute approximate surface area is 266 Å². The van der Waals surface area contributed by atoms with E-state index in [0.29, 0.717) is 53.6 Å². The fourth-order valence-corrected chi connectivity index (χ4v) is 6.61. The summed E-state index contributed by atoms with van der Waals surface area (Å²) in [5.41, 5.74) is 6.01. The molecule has 1 heterocycles. The molecule has 0 fully saturated rings. The van der Waals surface area contributed by atoms with E-state index in [2.05, 4.69) is 32.5 Å². The second kappa shape index (κ2) is 12.5. The Kier molecular flexibility index (Phi) is 9.06.